The number of fused-ring (bicyclic) bond motifs is 1. The molecule has 0 aliphatic heterocycles. The molecule has 0 saturated heterocycles. The molecule has 5 heteroatoms. The van der Waals surface area contributed by atoms with Gasteiger partial charge in [0.2, 0.25) is 0 Å². The van der Waals surface area contributed by atoms with E-state index in [4.69, 9.17) is 4.98 Å². The zero-order valence-corrected chi connectivity index (χ0v) is 14.9. The monoisotopic (exact) mass is 407 g/mol. The number of nitrogens with one attached hydrogen (secondary N) is 1. The molecule has 0 saturated carbocycles. The van der Waals surface area contributed by atoms with Crippen LogP contribution in [0.15, 0.2) is 51.4 Å². The molecule has 1 unspecified atom stereocenters. The Bertz CT molecular complexity index is 795. The van der Waals surface area contributed by atoms with E-state index in [0.717, 1.165) is 31.5 Å². The Hall–Kier alpha value is -1.33. The predicted octanol–water partition coefficient (Wildman–Crippen LogP) is 5.27. The fourth-order valence-corrected chi connectivity index (χ4v) is 3.62. The van der Waals surface area contributed by atoms with Gasteiger partial charge in [-0.25, -0.2) is 4.98 Å². The Morgan fingerprint density at radius 2 is 1.90 bits per heavy atom. The standard InChI is InChI=1S/C16H15Br2N3/c1-10(19-13-8-7-11(17)9-12(13)18)16-20-14-5-3-4-6-15(14)21(16)2/h3-10,19H,1-2H3. The van der Waals surface area contributed by atoms with E-state index in [0.29, 0.717) is 0 Å². The van der Waals surface area contributed by atoms with Gasteiger partial charge in [0.05, 0.1) is 17.1 Å². The van der Waals surface area contributed by atoms with Crippen LogP contribution in [0.1, 0.15) is 18.8 Å². The number of para-hydroxylation sites is 2. The molecule has 0 spiro atoms. The van der Waals surface area contributed by atoms with Crippen LogP contribution in [0.5, 0.6) is 0 Å². The van der Waals surface area contributed by atoms with Crippen molar-refractivity contribution in [1.29, 1.82) is 0 Å². The van der Waals surface area contributed by atoms with Gasteiger partial charge in [-0.05, 0) is 53.2 Å². The number of hydrogen-bond donors (Lipinski definition) is 1. The summed E-state index contributed by atoms with van der Waals surface area (Å²) >= 11 is 7.05. The second-order valence-corrected chi connectivity index (χ2v) is 6.78. The van der Waals surface area contributed by atoms with Gasteiger partial charge in [0.1, 0.15) is 5.82 Å². The highest BCUT2D eigenvalue weighted by Gasteiger charge is 2.15. The molecule has 3 nitrogen and oxygen atoms in total. The van der Waals surface area contributed by atoms with Crippen molar-refractivity contribution in [1.82, 2.24) is 9.55 Å². The minimum Gasteiger partial charge on any atom is -0.374 e. The van der Waals surface area contributed by atoms with E-state index in [9.17, 15) is 0 Å². The number of benzene rings is 2. The van der Waals surface area contributed by atoms with Crippen LogP contribution in [0, 0.1) is 0 Å². The van der Waals surface area contributed by atoms with Crippen molar-refractivity contribution >= 4 is 48.6 Å². The first kappa shape index (κ1) is 14.6. The van der Waals surface area contributed by atoms with E-state index in [-0.39, 0.29) is 6.04 Å². The number of nitrogens with zero attached hydrogens (tertiary/aromatic N) is 2. The molecular weight excluding hydrogens is 394 g/mol. The summed E-state index contributed by atoms with van der Waals surface area (Å²) in [5.41, 5.74) is 3.23. The van der Waals surface area contributed by atoms with Gasteiger partial charge in [-0.3, -0.25) is 0 Å². The summed E-state index contributed by atoms with van der Waals surface area (Å²) in [7, 11) is 2.06. The molecule has 1 heterocycles. The molecule has 1 N–H and O–H groups in total. The van der Waals surface area contributed by atoms with E-state index in [2.05, 4.69) is 61.8 Å². The lowest BCUT2D eigenvalue weighted by molar-refractivity contribution is 0.733. The average molecular weight is 409 g/mol. The largest absolute Gasteiger partial charge is 0.374 e. The van der Waals surface area contributed by atoms with Crippen molar-refractivity contribution in [3.63, 3.8) is 0 Å². The lowest BCUT2D eigenvalue weighted by atomic mass is 10.2. The Labute approximate surface area is 140 Å². The number of aromatic nitrogens is 2. The molecule has 0 aliphatic rings. The summed E-state index contributed by atoms with van der Waals surface area (Å²) in [6.45, 7) is 2.12. The van der Waals surface area contributed by atoms with E-state index in [1.54, 1.807) is 0 Å². The van der Waals surface area contributed by atoms with Gasteiger partial charge in [-0.2, -0.15) is 0 Å². The number of hydrogen-bond acceptors (Lipinski definition) is 2. The van der Waals surface area contributed by atoms with Gasteiger partial charge in [0.25, 0.3) is 0 Å². The van der Waals surface area contributed by atoms with Crippen LogP contribution in [0.25, 0.3) is 11.0 Å². The minimum atomic E-state index is 0.111. The molecule has 0 aliphatic carbocycles. The molecule has 21 heavy (non-hydrogen) atoms. The molecule has 3 aromatic rings. The zero-order valence-electron chi connectivity index (χ0n) is 11.8. The third-order valence-electron chi connectivity index (χ3n) is 3.51. The van der Waals surface area contributed by atoms with Crippen molar-refractivity contribution in [3.8, 4) is 0 Å². The third kappa shape index (κ3) is 2.85. The Morgan fingerprint density at radius 3 is 2.62 bits per heavy atom. The van der Waals surface area contributed by atoms with Crippen LogP contribution >= 0.6 is 31.9 Å². The summed E-state index contributed by atoms with van der Waals surface area (Å²) in [5, 5.41) is 3.50. The Morgan fingerprint density at radius 1 is 1.14 bits per heavy atom. The van der Waals surface area contributed by atoms with Crippen LogP contribution < -0.4 is 5.32 Å². The van der Waals surface area contributed by atoms with Crippen LogP contribution in [-0.4, -0.2) is 9.55 Å². The van der Waals surface area contributed by atoms with Gasteiger partial charge < -0.3 is 9.88 Å². The van der Waals surface area contributed by atoms with Gasteiger partial charge in [0, 0.05) is 21.7 Å². The molecule has 3 rings (SSSR count). The summed E-state index contributed by atoms with van der Waals surface area (Å²) in [4.78, 5) is 4.73. The fraction of sp³-hybridized carbons (Fsp3) is 0.188. The third-order valence-corrected chi connectivity index (χ3v) is 4.66. The number of aryl methyl sites for hydroxylation is 1. The second-order valence-electron chi connectivity index (χ2n) is 5.01. The van der Waals surface area contributed by atoms with Crippen LogP contribution in [0.2, 0.25) is 0 Å². The fourth-order valence-electron chi connectivity index (χ4n) is 2.46. The van der Waals surface area contributed by atoms with Crippen molar-refractivity contribution in [2.45, 2.75) is 13.0 Å². The first-order chi connectivity index (χ1) is 10.1. The number of rotatable bonds is 3. The van der Waals surface area contributed by atoms with Crippen LogP contribution in [-0.2, 0) is 7.05 Å². The Balaban J connectivity index is 1.93. The smallest absolute Gasteiger partial charge is 0.131 e. The van der Waals surface area contributed by atoms with E-state index in [1.807, 2.05) is 36.4 Å². The molecule has 1 aromatic heterocycles. The second kappa shape index (κ2) is 5.81. The maximum Gasteiger partial charge on any atom is 0.131 e. The maximum absolute atomic E-state index is 4.73. The number of imidazole rings is 1. The van der Waals surface area contributed by atoms with Gasteiger partial charge in [-0.15, -0.1) is 0 Å². The van der Waals surface area contributed by atoms with Crippen LogP contribution in [0.3, 0.4) is 0 Å². The number of anilines is 1. The van der Waals surface area contributed by atoms with Crippen molar-refractivity contribution < 1.29 is 0 Å². The molecule has 0 fully saturated rings. The van der Waals surface area contributed by atoms with Crippen molar-refractivity contribution in [3.05, 3.63) is 57.2 Å². The molecular formula is C16H15Br2N3. The van der Waals surface area contributed by atoms with E-state index >= 15 is 0 Å². The van der Waals surface area contributed by atoms with Gasteiger partial charge in [-0.1, -0.05) is 28.1 Å². The van der Waals surface area contributed by atoms with Crippen molar-refractivity contribution in [2.24, 2.45) is 7.05 Å². The topological polar surface area (TPSA) is 29.9 Å². The first-order valence-electron chi connectivity index (χ1n) is 6.69. The van der Waals surface area contributed by atoms with Crippen LogP contribution in [0.4, 0.5) is 5.69 Å². The SMILES string of the molecule is CC(Nc1ccc(Br)cc1Br)c1nc2ccccc2n1C. The molecule has 0 bridgehead atoms. The quantitative estimate of drug-likeness (QED) is 0.639. The van der Waals surface area contributed by atoms with Crippen molar-refractivity contribution in [2.75, 3.05) is 5.32 Å². The highest BCUT2D eigenvalue weighted by Crippen LogP contribution is 2.29. The normalized spacial score (nSPS) is 12.6. The average Bonchev–Trinajstić information content (AvgIpc) is 2.80. The molecule has 0 radical (unpaired) electrons. The predicted molar refractivity (Wildman–Crippen MR) is 94.6 cm³/mol. The van der Waals surface area contributed by atoms with Gasteiger partial charge in [0.15, 0.2) is 0 Å². The van der Waals surface area contributed by atoms with E-state index < -0.39 is 0 Å². The molecule has 2 aromatic carbocycles. The highest BCUT2D eigenvalue weighted by atomic mass is 79.9. The lowest BCUT2D eigenvalue weighted by Crippen LogP contribution is -2.12. The molecule has 108 valence electrons. The number of halogens is 2. The maximum atomic E-state index is 4.73. The summed E-state index contributed by atoms with van der Waals surface area (Å²) < 4.78 is 4.22. The lowest BCUT2D eigenvalue weighted by Gasteiger charge is -2.16. The van der Waals surface area contributed by atoms with Gasteiger partial charge >= 0.3 is 0 Å². The Kier molecular flexibility index (Phi) is 4.04. The van der Waals surface area contributed by atoms with E-state index in [1.165, 1.54) is 0 Å². The molecule has 1 atom stereocenters. The minimum absolute atomic E-state index is 0.111. The summed E-state index contributed by atoms with van der Waals surface area (Å²) in [6.07, 6.45) is 0. The molecule has 0 amide bonds. The summed E-state index contributed by atoms with van der Waals surface area (Å²) in [5.74, 6) is 1.02. The zero-order chi connectivity index (χ0) is 15.0. The first-order valence-corrected chi connectivity index (χ1v) is 8.28. The highest BCUT2D eigenvalue weighted by molar-refractivity contribution is 9.11. The summed E-state index contributed by atoms with van der Waals surface area (Å²) in [6, 6.07) is 14.4.